The van der Waals surface area contributed by atoms with E-state index in [4.69, 9.17) is 5.26 Å². The van der Waals surface area contributed by atoms with Gasteiger partial charge in [0.1, 0.15) is 11.8 Å². The van der Waals surface area contributed by atoms with Crippen molar-refractivity contribution < 1.29 is 4.79 Å². The molecule has 0 spiro atoms. The van der Waals surface area contributed by atoms with Gasteiger partial charge < -0.3 is 10.3 Å². The number of rotatable bonds is 3. The number of hydrogen-bond acceptors (Lipinski definition) is 4. The molecule has 2 aromatic rings. The summed E-state index contributed by atoms with van der Waals surface area (Å²) < 4.78 is 0. The molecule has 0 radical (unpaired) electrons. The molecule has 2 rings (SSSR count). The third kappa shape index (κ3) is 2.57. The van der Waals surface area contributed by atoms with Crippen molar-refractivity contribution in [2.24, 2.45) is 0 Å². The lowest BCUT2D eigenvalue weighted by Gasteiger charge is -2.01. The summed E-state index contributed by atoms with van der Waals surface area (Å²) in [6, 6.07) is 3.50. The van der Waals surface area contributed by atoms with Crippen LogP contribution in [0.2, 0.25) is 0 Å². The Balaban J connectivity index is 2.00. The first-order valence-electron chi connectivity index (χ1n) is 5.40. The number of thiazole rings is 1. The summed E-state index contributed by atoms with van der Waals surface area (Å²) in [6.07, 6.45) is 1.51. The van der Waals surface area contributed by atoms with E-state index in [9.17, 15) is 4.79 Å². The lowest BCUT2D eigenvalue weighted by molar-refractivity contribution is 0.0947. The van der Waals surface area contributed by atoms with Crippen molar-refractivity contribution in [3.63, 3.8) is 0 Å². The molecule has 0 fully saturated rings. The van der Waals surface area contributed by atoms with Gasteiger partial charge in [0.25, 0.3) is 5.91 Å². The minimum Gasteiger partial charge on any atom is -0.356 e. The summed E-state index contributed by atoms with van der Waals surface area (Å²) in [5.74, 6) is -0.220. The predicted octanol–water partition coefficient (Wildman–Crippen LogP) is 1.89. The first-order chi connectivity index (χ1) is 8.60. The van der Waals surface area contributed by atoms with Gasteiger partial charge in [-0.1, -0.05) is 0 Å². The Morgan fingerprint density at radius 1 is 1.61 bits per heavy atom. The van der Waals surface area contributed by atoms with Crippen molar-refractivity contribution in [3.05, 3.63) is 39.1 Å². The Hall–Kier alpha value is -2.13. The fourth-order valence-corrected chi connectivity index (χ4v) is 2.46. The van der Waals surface area contributed by atoms with E-state index in [2.05, 4.69) is 15.3 Å². The highest BCUT2D eigenvalue weighted by Crippen LogP contribution is 2.16. The van der Waals surface area contributed by atoms with Gasteiger partial charge in [-0.25, -0.2) is 4.98 Å². The molecule has 0 bridgehead atoms. The molecule has 0 saturated heterocycles. The first kappa shape index (κ1) is 12.3. The van der Waals surface area contributed by atoms with E-state index in [1.807, 2.05) is 19.9 Å². The quantitative estimate of drug-likeness (QED) is 0.884. The second kappa shape index (κ2) is 5.02. The highest BCUT2D eigenvalue weighted by molar-refractivity contribution is 7.11. The third-order valence-corrected chi connectivity index (χ3v) is 3.54. The highest BCUT2D eigenvalue weighted by atomic mass is 32.1. The number of amides is 1. The summed E-state index contributed by atoms with van der Waals surface area (Å²) in [5.41, 5.74) is 1.79. The molecule has 92 valence electrons. The summed E-state index contributed by atoms with van der Waals surface area (Å²) >= 11 is 1.57. The topological polar surface area (TPSA) is 81.6 Å². The number of H-pyrrole nitrogens is 1. The van der Waals surface area contributed by atoms with Crippen LogP contribution in [0.25, 0.3) is 0 Å². The van der Waals surface area contributed by atoms with Crippen LogP contribution in [0.4, 0.5) is 0 Å². The van der Waals surface area contributed by atoms with Crippen LogP contribution >= 0.6 is 11.3 Å². The molecule has 0 unspecified atom stereocenters. The van der Waals surface area contributed by atoms with Crippen LogP contribution in [0.15, 0.2) is 12.3 Å². The number of aromatic amines is 1. The van der Waals surface area contributed by atoms with E-state index >= 15 is 0 Å². The van der Waals surface area contributed by atoms with E-state index in [1.165, 1.54) is 12.3 Å². The smallest absolute Gasteiger partial charge is 0.268 e. The molecule has 6 heteroatoms. The normalized spacial score (nSPS) is 10.1. The molecule has 18 heavy (non-hydrogen) atoms. The van der Waals surface area contributed by atoms with Gasteiger partial charge in [-0.3, -0.25) is 4.79 Å². The average Bonchev–Trinajstić information content (AvgIpc) is 2.93. The van der Waals surface area contributed by atoms with Gasteiger partial charge in [0.2, 0.25) is 0 Å². The predicted molar refractivity (Wildman–Crippen MR) is 68.3 cm³/mol. The van der Waals surface area contributed by atoms with E-state index in [-0.39, 0.29) is 5.91 Å². The van der Waals surface area contributed by atoms with Gasteiger partial charge in [-0.2, -0.15) is 5.26 Å². The summed E-state index contributed by atoms with van der Waals surface area (Å²) in [4.78, 5) is 19.9. The van der Waals surface area contributed by atoms with E-state index < -0.39 is 0 Å². The van der Waals surface area contributed by atoms with Gasteiger partial charge in [-0.15, -0.1) is 11.3 Å². The number of carbonyl (C=O) groups excluding carboxylic acids is 1. The van der Waals surface area contributed by atoms with E-state index in [0.717, 1.165) is 15.6 Å². The van der Waals surface area contributed by atoms with Crippen LogP contribution in [-0.2, 0) is 6.54 Å². The monoisotopic (exact) mass is 260 g/mol. The molecule has 0 aliphatic heterocycles. The third-order valence-electron chi connectivity index (χ3n) is 2.47. The molecule has 0 aromatic carbocycles. The van der Waals surface area contributed by atoms with E-state index in [0.29, 0.717) is 17.8 Å². The lowest BCUT2D eigenvalue weighted by Crippen LogP contribution is -2.22. The maximum Gasteiger partial charge on any atom is 0.268 e. The van der Waals surface area contributed by atoms with E-state index in [1.54, 1.807) is 11.3 Å². The molecule has 2 heterocycles. The molecule has 1 amide bonds. The number of aryl methyl sites for hydroxylation is 2. The summed E-state index contributed by atoms with van der Waals surface area (Å²) in [5, 5.41) is 12.5. The lowest BCUT2D eigenvalue weighted by atomic mass is 10.3. The minimum absolute atomic E-state index is 0.220. The van der Waals surface area contributed by atoms with Gasteiger partial charge in [0.05, 0.1) is 22.8 Å². The number of nitrogens with zero attached hydrogens (tertiary/aromatic N) is 2. The molecular formula is C12H12N4OS. The Kier molecular flexibility index (Phi) is 3.44. The minimum atomic E-state index is -0.220. The van der Waals surface area contributed by atoms with Crippen molar-refractivity contribution in [2.75, 3.05) is 0 Å². The number of nitriles is 1. The van der Waals surface area contributed by atoms with Crippen LogP contribution < -0.4 is 5.32 Å². The van der Waals surface area contributed by atoms with Crippen LogP contribution in [0, 0.1) is 25.2 Å². The SMILES string of the molecule is Cc1nc(C)c(CNC(=O)c2cc(C#N)c[nH]2)s1. The zero-order valence-corrected chi connectivity index (χ0v) is 10.9. The standard InChI is InChI=1S/C12H12N4OS/c1-7-11(18-8(2)16-7)6-15-12(17)10-3-9(4-13)5-14-10/h3,5,14H,6H2,1-2H3,(H,15,17). The fraction of sp³-hybridized carbons (Fsp3) is 0.250. The van der Waals surface area contributed by atoms with Crippen molar-refractivity contribution in [2.45, 2.75) is 20.4 Å². The Bertz CT molecular complexity index is 620. The molecule has 0 aliphatic carbocycles. The zero-order valence-electron chi connectivity index (χ0n) is 10.1. The number of nitrogens with one attached hydrogen (secondary N) is 2. The van der Waals surface area contributed by atoms with Crippen LogP contribution in [-0.4, -0.2) is 15.9 Å². The number of aromatic nitrogens is 2. The van der Waals surface area contributed by atoms with Gasteiger partial charge in [0, 0.05) is 11.1 Å². The number of carbonyl (C=O) groups is 1. The Labute approximate surface area is 108 Å². The summed E-state index contributed by atoms with van der Waals surface area (Å²) in [6.45, 7) is 4.32. The molecule has 0 saturated carbocycles. The number of hydrogen-bond donors (Lipinski definition) is 2. The van der Waals surface area contributed by atoms with Gasteiger partial charge >= 0.3 is 0 Å². The molecule has 5 nitrogen and oxygen atoms in total. The van der Waals surface area contributed by atoms with Crippen molar-refractivity contribution >= 4 is 17.2 Å². The van der Waals surface area contributed by atoms with Crippen LogP contribution in [0.3, 0.4) is 0 Å². The van der Waals surface area contributed by atoms with Crippen LogP contribution in [0.5, 0.6) is 0 Å². The second-order valence-corrected chi connectivity index (χ2v) is 5.13. The Morgan fingerprint density at radius 2 is 2.39 bits per heavy atom. The average molecular weight is 260 g/mol. The second-order valence-electron chi connectivity index (χ2n) is 3.84. The van der Waals surface area contributed by atoms with Crippen molar-refractivity contribution in [1.82, 2.24) is 15.3 Å². The maximum absolute atomic E-state index is 11.8. The highest BCUT2D eigenvalue weighted by Gasteiger charge is 2.10. The zero-order chi connectivity index (χ0) is 13.1. The van der Waals surface area contributed by atoms with Crippen LogP contribution in [0.1, 0.15) is 31.6 Å². The summed E-state index contributed by atoms with van der Waals surface area (Å²) in [7, 11) is 0. The first-order valence-corrected chi connectivity index (χ1v) is 6.21. The molecule has 0 atom stereocenters. The maximum atomic E-state index is 11.8. The van der Waals surface area contributed by atoms with Crippen molar-refractivity contribution in [3.8, 4) is 6.07 Å². The molecule has 0 aliphatic rings. The fourth-order valence-electron chi connectivity index (χ4n) is 1.58. The van der Waals surface area contributed by atoms with Gasteiger partial charge in [-0.05, 0) is 19.9 Å². The van der Waals surface area contributed by atoms with Crippen molar-refractivity contribution in [1.29, 1.82) is 5.26 Å². The molecule has 2 aromatic heterocycles. The van der Waals surface area contributed by atoms with Gasteiger partial charge in [0.15, 0.2) is 0 Å². The Morgan fingerprint density at radius 3 is 2.94 bits per heavy atom. The largest absolute Gasteiger partial charge is 0.356 e. The molecule has 2 N–H and O–H groups in total. The molecular weight excluding hydrogens is 248 g/mol.